The molecule has 0 saturated heterocycles. The Morgan fingerprint density at radius 2 is 1.57 bits per heavy atom. The summed E-state index contributed by atoms with van der Waals surface area (Å²) in [4.78, 5) is 13.3. The molecule has 3 aromatic carbocycles. The van der Waals surface area contributed by atoms with Crippen LogP contribution in [0.2, 0.25) is 0 Å². The first-order chi connectivity index (χ1) is 14.3. The van der Waals surface area contributed by atoms with Crippen LogP contribution < -0.4 is 10.0 Å². The molecule has 3 aromatic rings. The predicted octanol–water partition coefficient (Wildman–Crippen LogP) is 4.58. The Kier molecular flexibility index (Phi) is 5.10. The van der Waals surface area contributed by atoms with E-state index in [1.54, 1.807) is 12.1 Å². The number of carbonyl (C=O) groups is 1. The third-order valence-electron chi connectivity index (χ3n) is 5.80. The van der Waals surface area contributed by atoms with E-state index in [4.69, 9.17) is 0 Å². The number of carboxylic acids is 1. The van der Waals surface area contributed by atoms with Crippen molar-refractivity contribution in [1.82, 2.24) is 0 Å². The molecule has 0 atom stereocenters. The molecule has 0 radical (unpaired) electrons. The Morgan fingerprint density at radius 3 is 2.23 bits per heavy atom. The van der Waals surface area contributed by atoms with Crippen molar-refractivity contribution in [3.05, 3.63) is 94.5 Å². The summed E-state index contributed by atoms with van der Waals surface area (Å²) in [5.74, 6) is 5.19. The minimum Gasteiger partial charge on any atom is -0.545 e. The number of fused-ring (bicyclic) bond motifs is 1. The van der Waals surface area contributed by atoms with E-state index in [2.05, 4.69) is 80.0 Å². The van der Waals surface area contributed by atoms with Crippen LogP contribution >= 0.6 is 0 Å². The lowest BCUT2D eigenvalue weighted by molar-refractivity contribution is -0.255. The zero-order valence-electron chi connectivity index (χ0n) is 17.5. The number of aromatic carboxylic acids is 1. The standard InChI is InChI=1S/C27H25NO2/c1-19-4-13-23(14-5-19)28-17-16-27(2,3)24-15-10-21(18-25(24)28)7-6-20-8-11-22(12-9-20)26(29)30/h4-5,8-15,18H,16-17H2,1-3H3,(H,29,30)/p-1. The van der Waals surface area contributed by atoms with Crippen LogP contribution in [0, 0.1) is 18.8 Å². The smallest absolute Gasteiger partial charge is 0.0715 e. The molecule has 30 heavy (non-hydrogen) atoms. The molecule has 0 saturated carbocycles. The molecule has 4 rings (SSSR count). The van der Waals surface area contributed by atoms with Crippen LogP contribution in [0.1, 0.15) is 52.9 Å². The molecule has 0 spiro atoms. The summed E-state index contributed by atoms with van der Waals surface area (Å²) in [5.41, 5.74) is 6.96. The van der Waals surface area contributed by atoms with Crippen molar-refractivity contribution in [3.8, 4) is 11.8 Å². The average molecular weight is 394 g/mol. The lowest BCUT2D eigenvalue weighted by atomic mass is 9.77. The summed E-state index contributed by atoms with van der Waals surface area (Å²) < 4.78 is 0. The summed E-state index contributed by atoms with van der Waals surface area (Å²) in [6, 6.07) is 21.5. The maximum absolute atomic E-state index is 10.9. The molecule has 0 aromatic heterocycles. The SMILES string of the molecule is Cc1ccc(N2CCC(C)(C)c3ccc(C#Cc4ccc(C(=O)[O-])cc4)cc32)cc1. The van der Waals surface area contributed by atoms with E-state index >= 15 is 0 Å². The minimum absolute atomic E-state index is 0.114. The molecular formula is C27H24NO2-. The topological polar surface area (TPSA) is 43.4 Å². The molecule has 0 N–H and O–H groups in total. The van der Waals surface area contributed by atoms with Crippen molar-refractivity contribution < 1.29 is 9.90 Å². The first kappa shape index (κ1) is 19.8. The van der Waals surface area contributed by atoms with Crippen LogP contribution in [0.15, 0.2) is 66.7 Å². The largest absolute Gasteiger partial charge is 0.545 e. The Hall–Kier alpha value is -3.51. The Balaban J connectivity index is 1.70. The van der Waals surface area contributed by atoms with Gasteiger partial charge in [0.1, 0.15) is 0 Å². The first-order valence-corrected chi connectivity index (χ1v) is 10.2. The molecule has 0 unspecified atom stereocenters. The van der Waals surface area contributed by atoms with Crippen LogP contribution in [0.4, 0.5) is 11.4 Å². The van der Waals surface area contributed by atoms with Gasteiger partial charge in [-0.2, -0.15) is 0 Å². The number of hydrogen-bond acceptors (Lipinski definition) is 3. The maximum atomic E-state index is 10.9. The van der Waals surface area contributed by atoms with Crippen LogP contribution in [0.5, 0.6) is 0 Å². The van der Waals surface area contributed by atoms with Gasteiger partial charge in [0.05, 0.1) is 5.97 Å². The van der Waals surface area contributed by atoms with Gasteiger partial charge in [0.25, 0.3) is 0 Å². The molecule has 1 heterocycles. The summed E-state index contributed by atoms with van der Waals surface area (Å²) >= 11 is 0. The summed E-state index contributed by atoms with van der Waals surface area (Å²) in [7, 11) is 0. The van der Waals surface area contributed by atoms with Gasteiger partial charge < -0.3 is 14.8 Å². The third kappa shape index (κ3) is 3.95. The van der Waals surface area contributed by atoms with Crippen molar-refractivity contribution in [2.75, 3.05) is 11.4 Å². The van der Waals surface area contributed by atoms with E-state index < -0.39 is 5.97 Å². The second-order valence-corrected chi connectivity index (χ2v) is 8.47. The maximum Gasteiger partial charge on any atom is 0.0715 e. The molecule has 3 heteroatoms. The van der Waals surface area contributed by atoms with Gasteiger partial charge in [0.2, 0.25) is 0 Å². The van der Waals surface area contributed by atoms with E-state index in [1.807, 2.05) is 0 Å². The van der Waals surface area contributed by atoms with Crippen molar-refractivity contribution in [1.29, 1.82) is 0 Å². The van der Waals surface area contributed by atoms with Crippen LogP contribution in [0.25, 0.3) is 0 Å². The fourth-order valence-corrected chi connectivity index (χ4v) is 3.88. The molecule has 0 amide bonds. The second-order valence-electron chi connectivity index (χ2n) is 8.47. The Bertz CT molecular complexity index is 1150. The molecule has 1 aliphatic rings. The quantitative estimate of drug-likeness (QED) is 0.598. The third-order valence-corrected chi connectivity index (χ3v) is 5.80. The van der Waals surface area contributed by atoms with Gasteiger partial charge >= 0.3 is 0 Å². The Labute approximate surface area is 178 Å². The average Bonchev–Trinajstić information content (AvgIpc) is 2.73. The van der Waals surface area contributed by atoms with Crippen LogP contribution in [-0.4, -0.2) is 12.5 Å². The highest BCUT2D eigenvalue weighted by Crippen LogP contribution is 2.43. The predicted molar refractivity (Wildman–Crippen MR) is 119 cm³/mol. The molecule has 150 valence electrons. The fraction of sp³-hybridized carbons (Fsp3) is 0.222. The van der Waals surface area contributed by atoms with E-state index in [9.17, 15) is 9.90 Å². The monoisotopic (exact) mass is 394 g/mol. The summed E-state index contributed by atoms with van der Waals surface area (Å²) in [6.45, 7) is 7.65. The van der Waals surface area contributed by atoms with Crippen molar-refractivity contribution in [2.45, 2.75) is 32.6 Å². The number of nitrogens with zero attached hydrogens (tertiary/aromatic N) is 1. The van der Waals surface area contributed by atoms with Gasteiger partial charge in [0.15, 0.2) is 0 Å². The second kappa shape index (κ2) is 7.72. The molecule has 0 aliphatic carbocycles. The molecule has 0 fully saturated rings. The van der Waals surface area contributed by atoms with Crippen LogP contribution in [0.3, 0.4) is 0 Å². The van der Waals surface area contributed by atoms with Crippen molar-refractivity contribution >= 4 is 17.3 Å². The van der Waals surface area contributed by atoms with Gasteiger partial charge in [-0.25, -0.2) is 0 Å². The normalized spacial score (nSPS) is 14.4. The number of carbonyl (C=O) groups excluding carboxylic acids is 1. The number of aryl methyl sites for hydroxylation is 1. The van der Waals surface area contributed by atoms with Crippen molar-refractivity contribution in [3.63, 3.8) is 0 Å². The van der Waals surface area contributed by atoms with Crippen LogP contribution in [-0.2, 0) is 5.41 Å². The highest BCUT2D eigenvalue weighted by atomic mass is 16.4. The van der Waals surface area contributed by atoms with E-state index in [1.165, 1.54) is 34.6 Å². The van der Waals surface area contributed by atoms with Gasteiger partial charge in [-0.15, -0.1) is 0 Å². The number of benzene rings is 3. The van der Waals surface area contributed by atoms with Gasteiger partial charge in [-0.05, 0) is 66.3 Å². The van der Waals surface area contributed by atoms with Gasteiger partial charge in [-0.3, -0.25) is 0 Å². The highest BCUT2D eigenvalue weighted by molar-refractivity contribution is 5.85. The zero-order valence-corrected chi connectivity index (χ0v) is 17.5. The number of carboxylic acid groups (broad SMARTS) is 1. The van der Waals surface area contributed by atoms with Gasteiger partial charge in [0, 0.05) is 29.0 Å². The lowest BCUT2D eigenvalue weighted by Gasteiger charge is -2.40. The highest BCUT2D eigenvalue weighted by Gasteiger charge is 2.31. The summed E-state index contributed by atoms with van der Waals surface area (Å²) in [6.07, 6.45) is 1.09. The zero-order chi connectivity index (χ0) is 21.3. The first-order valence-electron chi connectivity index (χ1n) is 10.2. The van der Waals surface area contributed by atoms with E-state index in [-0.39, 0.29) is 11.0 Å². The molecule has 3 nitrogen and oxygen atoms in total. The summed E-state index contributed by atoms with van der Waals surface area (Å²) in [5, 5.41) is 10.9. The van der Waals surface area contributed by atoms with Crippen molar-refractivity contribution in [2.24, 2.45) is 0 Å². The van der Waals surface area contributed by atoms with E-state index in [0.717, 1.165) is 24.1 Å². The minimum atomic E-state index is -1.18. The number of anilines is 2. The van der Waals surface area contributed by atoms with E-state index in [0.29, 0.717) is 0 Å². The fourth-order valence-electron chi connectivity index (χ4n) is 3.88. The number of rotatable bonds is 2. The van der Waals surface area contributed by atoms with Gasteiger partial charge in [-0.1, -0.05) is 61.6 Å². The molecular weight excluding hydrogens is 370 g/mol. The molecule has 1 aliphatic heterocycles. The Morgan fingerprint density at radius 1 is 0.933 bits per heavy atom. The molecule has 0 bridgehead atoms. The lowest BCUT2D eigenvalue weighted by Crippen LogP contribution is -2.34. The number of hydrogen-bond donors (Lipinski definition) is 0.